The third-order valence-corrected chi connectivity index (χ3v) is 6.23. The van der Waals surface area contributed by atoms with Crippen molar-refractivity contribution in [2.24, 2.45) is 0 Å². The molecule has 1 aliphatic rings. The minimum Gasteiger partial charge on any atom is -0.790 e. The van der Waals surface area contributed by atoms with Gasteiger partial charge in [0.2, 0.25) is 0 Å². The van der Waals surface area contributed by atoms with Crippen LogP contribution in [0.3, 0.4) is 0 Å². The van der Waals surface area contributed by atoms with E-state index in [2.05, 4.69) is 23.8 Å². The fourth-order valence-corrected chi connectivity index (χ4v) is 4.44. The summed E-state index contributed by atoms with van der Waals surface area (Å²) in [5.74, 6) is 0. The maximum atomic E-state index is 11.4. The van der Waals surface area contributed by atoms with Crippen LogP contribution in [0.5, 0.6) is 0 Å². The zero-order valence-electron chi connectivity index (χ0n) is 17.1. The van der Waals surface area contributed by atoms with Crippen LogP contribution in [0, 0.1) is 0 Å². The van der Waals surface area contributed by atoms with Crippen molar-refractivity contribution in [1.82, 2.24) is 23.9 Å². The smallest absolute Gasteiger partial charge is 0.790 e. The monoisotopic (exact) mass is 517 g/mol. The van der Waals surface area contributed by atoms with Crippen LogP contribution in [0.25, 0.3) is 16.8 Å². The predicted octanol–water partition coefficient (Wildman–Crippen LogP) is -12.0. The maximum absolute atomic E-state index is 11.4. The van der Waals surface area contributed by atoms with Crippen LogP contribution in [0.1, 0.15) is 6.23 Å². The molecule has 0 aromatic carbocycles. The van der Waals surface area contributed by atoms with Gasteiger partial charge in [0.15, 0.2) is 23.0 Å². The summed E-state index contributed by atoms with van der Waals surface area (Å²) in [6, 6.07) is 0. The standard InChI is InChI=1S/C12H15N5O10P2.3Na/c18-8-6(3-25-29(23,24)27-28(20,21)22)26-12(9(8)19)17-5-14-7-10-13-1-2-16(10)4-15-11(7)17;;;/h1-2,4-6,8-9,12,18-19H,3H2,(H,23,24)(H2,20,21,22);;;/q;3*+1/p-3/t6-,8-,9-,12-;;;/m1.../s1. The van der Waals surface area contributed by atoms with Crippen LogP contribution in [0.15, 0.2) is 25.0 Å². The number of hydrogen-bond acceptors (Lipinski definition) is 13. The van der Waals surface area contributed by atoms with Crippen LogP contribution in [0.4, 0.5) is 0 Å². The fourth-order valence-electron chi connectivity index (χ4n) is 2.94. The van der Waals surface area contributed by atoms with Crippen molar-refractivity contribution in [1.29, 1.82) is 0 Å². The summed E-state index contributed by atoms with van der Waals surface area (Å²) in [5.41, 5.74) is 1.16. The molecule has 1 saturated heterocycles. The van der Waals surface area contributed by atoms with E-state index in [1.807, 2.05) is 0 Å². The first-order valence-corrected chi connectivity index (χ1v) is 10.8. The van der Waals surface area contributed by atoms with Gasteiger partial charge >= 0.3 is 88.7 Å². The minimum atomic E-state index is -5.85. The van der Waals surface area contributed by atoms with Gasteiger partial charge in [0.1, 0.15) is 24.6 Å². The number of fused-ring (bicyclic) bond motifs is 3. The number of ether oxygens (including phenoxy) is 1. The van der Waals surface area contributed by atoms with Crippen molar-refractivity contribution in [2.45, 2.75) is 24.5 Å². The van der Waals surface area contributed by atoms with Crippen LogP contribution in [0.2, 0.25) is 0 Å². The van der Waals surface area contributed by atoms with Gasteiger partial charge in [-0.05, 0) is 0 Å². The number of imidazole rings is 2. The average Bonchev–Trinajstić information content (AvgIpc) is 3.29. The molecule has 15 nitrogen and oxygen atoms in total. The first kappa shape index (κ1) is 31.3. The second kappa shape index (κ2) is 12.0. The summed E-state index contributed by atoms with van der Waals surface area (Å²) in [4.78, 5) is 44.7. The van der Waals surface area contributed by atoms with Crippen LogP contribution >= 0.6 is 15.6 Å². The Morgan fingerprint density at radius 2 is 1.72 bits per heavy atom. The normalized spacial score (nSPS) is 25.0. The number of aliphatic hydroxyl groups excluding tert-OH is 2. The average molecular weight is 517 g/mol. The number of nitrogens with zero attached hydrogens (tertiary/aromatic N) is 5. The molecule has 3 aromatic heterocycles. The summed E-state index contributed by atoms with van der Waals surface area (Å²) < 4.78 is 37.7. The van der Waals surface area contributed by atoms with E-state index in [0.29, 0.717) is 11.2 Å². The number of aromatic nitrogens is 5. The van der Waals surface area contributed by atoms with E-state index in [4.69, 9.17) is 4.74 Å². The Hall–Kier alpha value is 1.23. The summed E-state index contributed by atoms with van der Waals surface area (Å²) >= 11 is 0. The fraction of sp³-hybridized carbons (Fsp3) is 0.417. The zero-order valence-corrected chi connectivity index (χ0v) is 24.9. The number of rotatable bonds is 6. The van der Waals surface area contributed by atoms with Gasteiger partial charge in [0, 0.05) is 12.4 Å². The minimum absolute atomic E-state index is 0. The van der Waals surface area contributed by atoms with Gasteiger partial charge in [0.05, 0.1) is 20.8 Å². The Morgan fingerprint density at radius 3 is 2.38 bits per heavy atom. The molecule has 0 aliphatic carbocycles. The first-order chi connectivity index (χ1) is 13.6. The van der Waals surface area contributed by atoms with E-state index < -0.39 is 46.8 Å². The Labute approximate surface area is 246 Å². The van der Waals surface area contributed by atoms with Crippen molar-refractivity contribution in [3.05, 3.63) is 25.0 Å². The van der Waals surface area contributed by atoms with Crippen molar-refractivity contribution in [2.75, 3.05) is 6.61 Å². The third-order valence-electron chi connectivity index (χ3n) is 4.16. The zero-order chi connectivity index (χ0) is 21.0. The molecule has 0 spiro atoms. The predicted molar refractivity (Wildman–Crippen MR) is 84.5 cm³/mol. The molecule has 32 heavy (non-hydrogen) atoms. The largest absolute Gasteiger partial charge is 1.00 e. The summed E-state index contributed by atoms with van der Waals surface area (Å²) in [6.45, 7) is -0.917. The SMILES string of the molecule is O=P([O-])([O-])OP(=O)([O-])OC[C@H]1O[C@@H](n2cnc3c2ncn2ccnc32)[C@H](O)[C@@H]1O.[Na+].[Na+].[Na+]. The molecule has 1 fully saturated rings. The summed E-state index contributed by atoms with van der Waals surface area (Å²) in [6.07, 6.45) is 0.190. The van der Waals surface area contributed by atoms with Gasteiger partial charge in [0.25, 0.3) is 7.82 Å². The second-order valence-electron chi connectivity index (χ2n) is 6.04. The number of phosphoric ester groups is 1. The molecule has 5 atom stereocenters. The van der Waals surface area contributed by atoms with Crippen LogP contribution in [-0.2, 0) is 22.7 Å². The molecule has 158 valence electrons. The molecule has 0 saturated carbocycles. The van der Waals surface area contributed by atoms with E-state index >= 15 is 0 Å². The Kier molecular flexibility index (Phi) is 11.7. The molecule has 4 rings (SSSR count). The Bertz CT molecular complexity index is 1160. The molecule has 0 bridgehead atoms. The molecular formula is C12H12N5Na3O10P2. The Balaban J connectivity index is 0.00000171. The van der Waals surface area contributed by atoms with E-state index in [0.717, 1.165) is 0 Å². The molecule has 20 heteroatoms. The van der Waals surface area contributed by atoms with E-state index in [-0.39, 0.29) is 94.3 Å². The van der Waals surface area contributed by atoms with Crippen molar-refractivity contribution in [3.63, 3.8) is 0 Å². The summed E-state index contributed by atoms with van der Waals surface area (Å²) in [7, 11) is -11.4. The molecule has 0 amide bonds. The molecule has 3 aromatic rings. The van der Waals surface area contributed by atoms with Gasteiger partial charge in [-0.3, -0.25) is 17.8 Å². The molecular weight excluding hydrogens is 505 g/mol. The van der Waals surface area contributed by atoms with Crippen LogP contribution in [-0.4, -0.2) is 59.1 Å². The van der Waals surface area contributed by atoms with Crippen molar-refractivity contribution >= 4 is 32.5 Å². The topological polar surface area (TPSA) is 219 Å². The Morgan fingerprint density at radius 1 is 1.03 bits per heavy atom. The van der Waals surface area contributed by atoms with Gasteiger partial charge in [-0.1, -0.05) is 0 Å². The number of hydrogen-bond donors (Lipinski definition) is 2. The molecule has 2 N–H and O–H groups in total. The van der Waals surface area contributed by atoms with Crippen molar-refractivity contribution in [3.8, 4) is 0 Å². The molecule has 4 heterocycles. The summed E-state index contributed by atoms with van der Waals surface area (Å²) in [5, 5.41) is 20.4. The van der Waals surface area contributed by atoms with E-state index in [1.54, 1.807) is 16.8 Å². The van der Waals surface area contributed by atoms with Gasteiger partial charge in [-0.2, -0.15) is 0 Å². The maximum Gasteiger partial charge on any atom is 1.00 e. The van der Waals surface area contributed by atoms with Crippen LogP contribution < -0.4 is 103 Å². The number of phosphoric acid groups is 2. The molecule has 1 unspecified atom stereocenters. The molecule has 0 radical (unpaired) electrons. The third kappa shape index (κ3) is 6.71. The quantitative estimate of drug-likeness (QED) is 0.229. The van der Waals surface area contributed by atoms with Gasteiger partial charge in [-0.15, -0.1) is 0 Å². The van der Waals surface area contributed by atoms with Gasteiger partial charge < -0.3 is 38.7 Å². The first-order valence-electron chi connectivity index (χ1n) is 7.90. The van der Waals surface area contributed by atoms with Crippen molar-refractivity contribution < 1.29 is 136 Å². The van der Waals surface area contributed by atoms with Gasteiger partial charge in [-0.25, -0.2) is 15.0 Å². The van der Waals surface area contributed by atoms with E-state index in [1.165, 1.54) is 17.2 Å². The van der Waals surface area contributed by atoms with E-state index in [9.17, 15) is 34.0 Å². The molecule has 1 aliphatic heterocycles. The second-order valence-corrected chi connectivity index (χ2v) is 8.75. The number of aliphatic hydroxyl groups is 2.